The summed E-state index contributed by atoms with van der Waals surface area (Å²) >= 11 is 12.2. The molecule has 5 rings (SSSR count). The van der Waals surface area contributed by atoms with E-state index in [1.807, 2.05) is 35.4 Å². The van der Waals surface area contributed by atoms with Gasteiger partial charge in [0, 0.05) is 41.7 Å². The summed E-state index contributed by atoms with van der Waals surface area (Å²) in [7, 11) is 0. The molecule has 35 heavy (non-hydrogen) atoms. The summed E-state index contributed by atoms with van der Waals surface area (Å²) in [6, 6.07) is 12.3. The number of H-pyrrole nitrogens is 1. The van der Waals surface area contributed by atoms with E-state index in [0.29, 0.717) is 22.0 Å². The number of nitrogens with one attached hydrogen (secondary N) is 2. The molecule has 2 amide bonds. The molecule has 0 radical (unpaired) electrons. The minimum atomic E-state index is -0.692. The first-order chi connectivity index (χ1) is 16.5. The van der Waals surface area contributed by atoms with Crippen molar-refractivity contribution in [2.24, 2.45) is 10.8 Å². The van der Waals surface area contributed by atoms with Gasteiger partial charge in [-0.2, -0.15) is 0 Å². The smallest absolute Gasteiger partial charge is 0.251 e. The maximum atomic E-state index is 14.0. The van der Waals surface area contributed by atoms with E-state index in [2.05, 4.69) is 31.1 Å². The van der Waals surface area contributed by atoms with E-state index in [1.54, 1.807) is 18.2 Å². The van der Waals surface area contributed by atoms with Gasteiger partial charge in [0.15, 0.2) is 0 Å². The highest BCUT2D eigenvalue weighted by Crippen LogP contribution is 2.52. The first kappa shape index (κ1) is 24.2. The van der Waals surface area contributed by atoms with E-state index in [-0.39, 0.29) is 28.7 Å². The molecule has 7 heteroatoms. The fourth-order valence-corrected chi connectivity index (χ4v) is 6.82. The first-order valence-corrected chi connectivity index (χ1v) is 12.9. The van der Waals surface area contributed by atoms with Gasteiger partial charge in [0.1, 0.15) is 6.04 Å². The van der Waals surface area contributed by atoms with Crippen LogP contribution in [-0.2, 0) is 11.2 Å². The Labute approximate surface area is 216 Å². The molecule has 2 fully saturated rings. The molecule has 2 bridgehead atoms. The van der Waals surface area contributed by atoms with Crippen LogP contribution >= 0.6 is 23.2 Å². The van der Waals surface area contributed by atoms with Gasteiger partial charge in [-0.15, -0.1) is 0 Å². The lowest BCUT2D eigenvalue weighted by atomic mass is 9.65. The van der Waals surface area contributed by atoms with Crippen LogP contribution in [0.15, 0.2) is 48.7 Å². The number of amides is 2. The fraction of sp³-hybridized carbons (Fsp3) is 0.429. The number of aromatic amines is 1. The van der Waals surface area contributed by atoms with E-state index in [0.717, 1.165) is 42.3 Å². The summed E-state index contributed by atoms with van der Waals surface area (Å²) in [6.07, 6.45) is 5.43. The van der Waals surface area contributed by atoms with Gasteiger partial charge in [0.05, 0.1) is 10.0 Å². The second-order valence-corrected chi connectivity index (χ2v) is 12.2. The largest absolute Gasteiger partial charge is 0.361 e. The number of hydrogen-bond acceptors (Lipinski definition) is 2. The zero-order valence-corrected chi connectivity index (χ0v) is 21.8. The molecule has 2 heterocycles. The number of benzene rings is 2. The molecule has 5 nitrogen and oxygen atoms in total. The average molecular weight is 512 g/mol. The quantitative estimate of drug-likeness (QED) is 0.425. The summed E-state index contributed by atoms with van der Waals surface area (Å²) < 4.78 is 0. The fourth-order valence-electron chi connectivity index (χ4n) is 6.52. The Kier molecular flexibility index (Phi) is 6.13. The number of para-hydroxylation sites is 1. The number of nitrogens with zero attached hydrogens (tertiary/aromatic N) is 1. The zero-order valence-electron chi connectivity index (χ0n) is 20.3. The van der Waals surface area contributed by atoms with E-state index in [9.17, 15) is 9.59 Å². The number of aromatic nitrogens is 1. The lowest BCUT2D eigenvalue weighted by molar-refractivity contribution is -0.134. The molecular formula is C28H31Cl2N3O2. The van der Waals surface area contributed by atoms with Crippen LogP contribution in [0.4, 0.5) is 0 Å². The van der Waals surface area contributed by atoms with E-state index < -0.39 is 6.04 Å². The normalized spacial score (nSPS) is 23.9. The summed E-state index contributed by atoms with van der Waals surface area (Å²) in [5, 5.41) is 4.78. The van der Waals surface area contributed by atoms with Gasteiger partial charge in [-0.05, 0) is 59.9 Å². The molecule has 3 atom stereocenters. The van der Waals surface area contributed by atoms with Crippen LogP contribution in [0.25, 0.3) is 10.9 Å². The van der Waals surface area contributed by atoms with Crippen molar-refractivity contribution in [2.45, 2.75) is 58.5 Å². The Bertz CT molecular complexity index is 1300. The van der Waals surface area contributed by atoms with Gasteiger partial charge < -0.3 is 15.2 Å². The number of hydrogen-bond donors (Lipinski definition) is 2. The van der Waals surface area contributed by atoms with Crippen molar-refractivity contribution in [3.63, 3.8) is 0 Å². The summed E-state index contributed by atoms with van der Waals surface area (Å²) in [5.74, 6) is -0.356. The van der Waals surface area contributed by atoms with Gasteiger partial charge >= 0.3 is 0 Å². The Morgan fingerprint density at radius 1 is 1.11 bits per heavy atom. The number of carbonyl (C=O) groups excluding carboxylic acids is 2. The molecule has 1 saturated carbocycles. The van der Waals surface area contributed by atoms with E-state index in [4.69, 9.17) is 23.2 Å². The molecule has 1 aliphatic carbocycles. The van der Waals surface area contributed by atoms with Crippen LogP contribution in [0.3, 0.4) is 0 Å². The van der Waals surface area contributed by atoms with Crippen molar-refractivity contribution in [1.29, 1.82) is 0 Å². The molecule has 1 saturated heterocycles. The van der Waals surface area contributed by atoms with Gasteiger partial charge in [0.2, 0.25) is 5.91 Å². The van der Waals surface area contributed by atoms with E-state index in [1.165, 1.54) is 0 Å². The van der Waals surface area contributed by atoms with Crippen molar-refractivity contribution in [3.05, 3.63) is 69.8 Å². The highest BCUT2D eigenvalue weighted by atomic mass is 35.5. The number of likely N-dealkylation sites (tertiary alicyclic amines) is 1. The third kappa shape index (κ3) is 4.81. The summed E-state index contributed by atoms with van der Waals surface area (Å²) in [4.78, 5) is 32.6. The number of fused-ring (bicyclic) bond motifs is 3. The molecule has 2 N–H and O–H groups in total. The SMILES string of the molecule is CC1(C)CC2CC(C)(CN2C(=O)C(Cc2c[nH]c3ccccc23)NC(=O)c2ccc(Cl)c(Cl)c2)C1. The molecular weight excluding hydrogens is 481 g/mol. The first-order valence-electron chi connectivity index (χ1n) is 12.2. The molecule has 1 aliphatic heterocycles. The van der Waals surface area contributed by atoms with Crippen LogP contribution < -0.4 is 5.32 Å². The summed E-state index contributed by atoms with van der Waals surface area (Å²) in [5.41, 5.74) is 2.70. The van der Waals surface area contributed by atoms with Crippen LogP contribution in [-0.4, -0.2) is 40.3 Å². The third-order valence-electron chi connectivity index (χ3n) is 7.58. The molecule has 1 aromatic heterocycles. The van der Waals surface area contributed by atoms with Gasteiger partial charge in [-0.3, -0.25) is 9.59 Å². The Morgan fingerprint density at radius 2 is 1.89 bits per heavy atom. The molecule has 3 aromatic rings. The Balaban J connectivity index is 1.45. The van der Waals surface area contributed by atoms with Crippen LogP contribution in [0.5, 0.6) is 0 Å². The standard InChI is InChI=1S/C28H31Cl2N3O2/c1-27(2)12-19-13-28(3,15-27)16-33(19)26(35)24(11-18-14-31-23-7-5-4-6-20(18)23)32-25(34)17-8-9-21(29)22(30)10-17/h4-10,14,19,24,31H,11-13,15-16H2,1-3H3,(H,32,34). The molecule has 0 spiro atoms. The van der Waals surface area contributed by atoms with Gasteiger partial charge in [-0.25, -0.2) is 0 Å². The zero-order chi connectivity index (χ0) is 25.0. The van der Waals surface area contributed by atoms with Crippen LogP contribution in [0, 0.1) is 10.8 Å². The third-order valence-corrected chi connectivity index (χ3v) is 8.32. The highest BCUT2D eigenvalue weighted by Gasteiger charge is 2.51. The monoisotopic (exact) mass is 511 g/mol. The Morgan fingerprint density at radius 3 is 2.66 bits per heavy atom. The predicted octanol–water partition coefficient (Wildman–Crippen LogP) is 6.24. The van der Waals surface area contributed by atoms with Crippen molar-refractivity contribution < 1.29 is 9.59 Å². The molecule has 3 unspecified atom stereocenters. The van der Waals surface area contributed by atoms with Crippen molar-refractivity contribution in [1.82, 2.24) is 15.2 Å². The number of carbonyl (C=O) groups is 2. The van der Waals surface area contributed by atoms with Crippen LogP contribution in [0.1, 0.15) is 56.0 Å². The molecule has 2 aliphatic rings. The number of halogens is 2. The number of rotatable bonds is 5. The van der Waals surface area contributed by atoms with Gasteiger partial charge in [-0.1, -0.05) is 62.2 Å². The maximum absolute atomic E-state index is 14.0. The second-order valence-electron chi connectivity index (χ2n) is 11.4. The lowest BCUT2D eigenvalue weighted by Gasteiger charge is -2.39. The highest BCUT2D eigenvalue weighted by molar-refractivity contribution is 6.42. The topological polar surface area (TPSA) is 65.2 Å². The summed E-state index contributed by atoms with van der Waals surface area (Å²) in [6.45, 7) is 7.60. The van der Waals surface area contributed by atoms with Crippen molar-refractivity contribution >= 4 is 45.9 Å². The maximum Gasteiger partial charge on any atom is 0.251 e. The van der Waals surface area contributed by atoms with Crippen molar-refractivity contribution in [2.75, 3.05) is 6.54 Å². The van der Waals surface area contributed by atoms with Gasteiger partial charge in [0.25, 0.3) is 5.91 Å². The predicted molar refractivity (Wildman–Crippen MR) is 141 cm³/mol. The lowest BCUT2D eigenvalue weighted by Crippen LogP contribution is -2.51. The minimum absolute atomic E-state index is 0.0184. The average Bonchev–Trinajstić information content (AvgIpc) is 3.31. The molecule has 2 aromatic carbocycles. The van der Waals surface area contributed by atoms with Crippen LogP contribution in [0.2, 0.25) is 10.0 Å². The van der Waals surface area contributed by atoms with E-state index >= 15 is 0 Å². The molecule has 184 valence electrons. The Hall–Kier alpha value is -2.50. The van der Waals surface area contributed by atoms with Crippen molar-refractivity contribution in [3.8, 4) is 0 Å². The second kappa shape index (κ2) is 8.86. The minimum Gasteiger partial charge on any atom is -0.361 e.